The van der Waals surface area contributed by atoms with Crippen molar-refractivity contribution in [3.8, 4) is 0 Å². The number of amides is 3. The minimum absolute atomic E-state index is 0.134. The van der Waals surface area contributed by atoms with Crippen molar-refractivity contribution < 1.29 is 24.3 Å². The maximum atomic E-state index is 13.4. The van der Waals surface area contributed by atoms with Crippen LogP contribution in [-0.4, -0.2) is 45.8 Å². The van der Waals surface area contributed by atoms with Crippen LogP contribution in [0.1, 0.15) is 38.7 Å². The zero-order chi connectivity index (χ0) is 21.1. The first-order valence-corrected chi connectivity index (χ1v) is 10.1. The van der Waals surface area contributed by atoms with Gasteiger partial charge in [0.25, 0.3) is 0 Å². The fourth-order valence-electron chi connectivity index (χ4n) is 4.94. The van der Waals surface area contributed by atoms with Crippen LogP contribution in [0.15, 0.2) is 18.2 Å². The Labute approximate surface area is 172 Å². The number of benzene rings is 1. The van der Waals surface area contributed by atoms with Crippen molar-refractivity contribution in [2.75, 3.05) is 5.32 Å². The van der Waals surface area contributed by atoms with E-state index in [-0.39, 0.29) is 24.8 Å². The van der Waals surface area contributed by atoms with E-state index in [2.05, 4.69) is 10.6 Å². The van der Waals surface area contributed by atoms with Gasteiger partial charge in [-0.15, -0.1) is 0 Å². The van der Waals surface area contributed by atoms with Crippen molar-refractivity contribution >= 4 is 41.0 Å². The Bertz CT molecular complexity index is 935. The molecule has 5 atom stereocenters. The van der Waals surface area contributed by atoms with E-state index in [0.717, 1.165) is 0 Å². The van der Waals surface area contributed by atoms with Crippen LogP contribution in [0.4, 0.5) is 5.69 Å². The van der Waals surface area contributed by atoms with E-state index >= 15 is 0 Å². The molecule has 29 heavy (non-hydrogen) atoms. The second kappa shape index (κ2) is 6.81. The lowest BCUT2D eigenvalue weighted by molar-refractivity contribution is -0.145. The summed E-state index contributed by atoms with van der Waals surface area (Å²) in [4.78, 5) is 52.2. The second-order valence-corrected chi connectivity index (χ2v) is 8.38. The van der Waals surface area contributed by atoms with E-state index in [9.17, 15) is 19.2 Å². The van der Waals surface area contributed by atoms with Gasteiger partial charge in [-0.05, 0) is 38.0 Å². The lowest BCUT2D eigenvalue weighted by Gasteiger charge is -2.31. The number of hydrogen-bond donors (Lipinski definition) is 3. The van der Waals surface area contributed by atoms with E-state index < -0.39 is 41.2 Å². The first kappa shape index (κ1) is 19.8. The fraction of sp³-hybridized carbons (Fsp3) is 0.500. The molecule has 0 aliphatic carbocycles. The monoisotopic (exact) mass is 419 g/mol. The smallest absolute Gasteiger partial charge is 0.303 e. The number of carbonyl (C=O) groups excluding carboxylic acids is 3. The number of anilines is 1. The third kappa shape index (κ3) is 2.69. The number of carboxylic acids is 1. The van der Waals surface area contributed by atoms with Crippen molar-refractivity contribution in [3.63, 3.8) is 0 Å². The maximum Gasteiger partial charge on any atom is 0.303 e. The third-order valence-electron chi connectivity index (χ3n) is 6.41. The molecule has 3 amide bonds. The van der Waals surface area contributed by atoms with Crippen molar-refractivity contribution in [2.24, 2.45) is 11.8 Å². The maximum absolute atomic E-state index is 13.4. The molecule has 2 fully saturated rings. The zero-order valence-electron chi connectivity index (χ0n) is 16.1. The highest BCUT2D eigenvalue weighted by atomic mass is 35.5. The molecule has 3 N–H and O–H groups in total. The summed E-state index contributed by atoms with van der Waals surface area (Å²) in [6, 6.07) is 4.01. The largest absolute Gasteiger partial charge is 0.481 e. The number of rotatable bonds is 5. The quantitative estimate of drug-likeness (QED) is 0.626. The zero-order valence-corrected chi connectivity index (χ0v) is 16.8. The van der Waals surface area contributed by atoms with Gasteiger partial charge in [0, 0.05) is 34.8 Å². The molecule has 4 rings (SSSR count). The number of nitrogens with one attached hydrogen (secondary N) is 2. The number of halogens is 1. The van der Waals surface area contributed by atoms with Crippen LogP contribution in [0.3, 0.4) is 0 Å². The highest BCUT2D eigenvalue weighted by molar-refractivity contribution is 6.31. The molecule has 3 aliphatic rings. The molecule has 8 nitrogen and oxygen atoms in total. The Morgan fingerprint density at radius 2 is 2.03 bits per heavy atom. The summed E-state index contributed by atoms with van der Waals surface area (Å²) in [6.45, 7) is 3.68. The summed E-state index contributed by atoms with van der Waals surface area (Å²) in [6.07, 6.45) is 0.548. The highest BCUT2D eigenvalue weighted by Crippen LogP contribution is 2.54. The number of aliphatic carboxylic acids is 1. The number of likely N-dealkylation sites (tertiary alicyclic amines) is 1. The minimum Gasteiger partial charge on any atom is -0.481 e. The molecule has 0 bridgehead atoms. The minimum atomic E-state index is -1.44. The van der Waals surface area contributed by atoms with Crippen LogP contribution in [0.2, 0.25) is 5.02 Å². The Morgan fingerprint density at radius 1 is 1.31 bits per heavy atom. The molecule has 0 saturated carbocycles. The van der Waals surface area contributed by atoms with Crippen molar-refractivity contribution in [2.45, 2.75) is 50.7 Å². The summed E-state index contributed by atoms with van der Waals surface area (Å²) < 4.78 is 0. The Hall–Kier alpha value is -2.45. The summed E-state index contributed by atoms with van der Waals surface area (Å²) in [5.74, 6) is -3.91. The number of imide groups is 1. The van der Waals surface area contributed by atoms with Crippen molar-refractivity contribution in [1.82, 2.24) is 10.2 Å². The summed E-state index contributed by atoms with van der Waals surface area (Å²) in [7, 11) is 0. The summed E-state index contributed by atoms with van der Waals surface area (Å²) in [5, 5.41) is 15.5. The lowest BCUT2D eigenvalue weighted by Crippen LogP contribution is -2.54. The first-order valence-electron chi connectivity index (χ1n) is 9.70. The van der Waals surface area contributed by atoms with Crippen LogP contribution in [0.5, 0.6) is 0 Å². The topological polar surface area (TPSA) is 116 Å². The summed E-state index contributed by atoms with van der Waals surface area (Å²) >= 11 is 6.17. The Kier molecular flexibility index (Phi) is 4.66. The molecule has 3 heterocycles. The fourth-order valence-corrected chi connectivity index (χ4v) is 5.11. The van der Waals surface area contributed by atoms with Gasteiger partial charge in [0.05, 0.1) is 11.8 Å². The van der Waals surface area contributed by atoms with Gasteiger partial charge in [0.15, 0.2) is 0 Å². The first-order chi connectivity index (χ1) is 13.7. The molecule has 0 unspecified atom stereocenters. The van der Waals surface area contributed by atoms with Crippen LogP contribution in [0.25, 0.3) is 0 Å². The van der Waals surface area contributed by atoms with E-state index in [0.29, 0.717) is 22.7 Å². The normalized spacial score (nSPS) is 31.2. The van der Waals surface area contributed by atoms with Crippen LogP contribution in [-0.2, 0) is 24.7 Å². The summed E-state index contributed by atoms with van der Waals surface area (Å²) in [5.41, 5.74) is -0.384. The number of nitrogens with zero attached hydrogens (tertiary/aromatic N) is 1. The number of hydrogen-bond acceptors (Lipinski definition) is 5. The molecular weight excluding hydrogens is 398 g/mol. The van der Waals surface area contributed by atoms with Gasteiger partial charge in [-0.2, -0.15) is 0 Å². The number of carbonyl (C=O) groups is 4. The van der Waals surface area contributed by atoms with Crippen LogP contribution < -0.4 is 10.6 Å². The van der Waals surface area contributed by atoms with Gasteiger partial charge in [0.1, 0.15) is 5.54 Å². The highest BCUT2D eigenvalue weighted by Gasteiger charge is 2.70. The third-order valence-corrected chi connectivity index (χ3v) is 6.65. The molecule has 0 aromatic heterocycles. The standard InChI is InChI=1S/C20H22ClN3O5/c1-3-9(2)24-17(27)15-13(6-7-14(25)26)23-20(16(15)18(24)28)11-8-10(21)4-5-12(11)22-19(20)29/h4-5,8-9,13,15-16,23H,3,6-7H2,1-2H3,(H,22,29)(H,25,26)/t9-,13-,15-,16+,20+/m1/s1. The molecule has 9 heteroatoms. The van der Waals surface area contributed by atoms with Crippen LogP contribution >= 0.6 is 11.6 Å². The van der Waals surface area contributed by atoms with Gasteiger partial charge in [-0.1, -0.05) is 18.5 Å². The SMILES string of the molecule is CC[C@@H](C)N1C(=O)[C@H]2[C@@H](C1=O)[C@]1(N[C@@H]2CCC(=O)O)C(=O)Nc2ccc(Cl)cc21. The van der Waals surface area contributed by atoms with E-state index in [1.54, 1.807) is 25.1 Å². The Balaban J connectivity index is 1.85. The molecule has 2 saturated heterocycles. The Morgan fingerprint density at radius 3 is 2.69 bits per heavy atom. The van der Waals surface area contributed by atoms with Gasteiger partial charge >= 0.3 is 5.97 Å². The number of carboxylic acid groups (broad SMARTS) is 1. The average molecular weight is 420 g/mol. The predicted molar refractivity (Wildman–Crippen MR) is 104 cm³/mol. The van der Waals surface area contributed by atoms with Gasteiger partial charge in [0.2, 0.25) is 17.7 Å². The molecule has 1 spiro atoms. The predicted octanol–water partition coefficient (Wildman–Crippen LogP) is 1.72. The van der Waals surface area contributed by atoms with Gasteiger partial charge < -0.3 is 10.4 Å². The van der Waals surface area contributed by atoms with E-state index in [1.165, 1.54) is 4.90 Å². The lowest BCUT2D eigenvalue weighted by atomic mass is 9.76. The van der Waals surface area contributed by atoms with Crippen LogP contribution in [0, 0.1) is 11.8 Å². The molecule has 1 aromatic carbocycles. The van der Waals surface area contributed by atoms with E-state index in [4.69, 9.17) is 16.7 Å². The second-order valence-electron chi connectivity index (χ2n) is 7.94. The van der Waals surface area contributed by atoms with Gasteiger partial charge in [-0.3, -0.25) is 29.4 Å². The molecule has 154 valence electrons. The molecule has 1 aromatic rings. The average Bonchev–Trinajstić information content (AvgIpc) is 3.25. The van der Waals surface area contributed by atoms with E-state index in [1.807, 2.05) is 6.92 Å². The molecule has 3 aliphatic heterocycles. The van der Waals surface area contributed by atoms with Crippen molar-refractivity contribution in [1.29, 1.82) is 0 Å². The molecular formula is C20H22ClN3O5. The number of fused-ring (bicyclic) bond motifs is 4. The molecule has 0 radical (unpaired) electrons. The van der Waals surface area contributed by atoms with Gasteiger partial charge in [-0.25, -0.2) is 0 Å². The van der Waals surface area contributed by atoms with Crippen molar-refractivity contribution in [3.05, 3.63) is 28.8 Å².